The van der Waals surface area contributed by atoms with Crippen molar-refractivity contribution in [1.29, 1.82) is 0 Å². The second-order valence-electron chi connectivity index (χ2n) is 7.05. The summed E-state index contributed by atoms with van der Waals surface area (Å²) in [5.41, 5.74) is 1.69. The number of β-lactam (4-membered cyclic amide) rings is 1. The fourth-order valence-corrected chi connectivity index (χ4v) is 5.38. The molecule has 0 bridgehead atoms. The topological polar surface area (TPSA) is 79.2 Å². The second-order valence-corrected chi connectivity index (χ2v) is 8.71. The van der Waals surface area contributed by atoms with E-state index in [0.29, 0.717) is 6.42 Å². The van der Waals surface area contributed by atoms with Crippen molar-refractivity contribution in [1.82, 2.24) is 4.90 Å². The number of hydrogen-bond donors (Lipinski definition) is 1. The minimum atomic E-state index is -0.847. The number of benzene rings is 2. The van der Waals surface area contributed by atoms with Crippen molar-refractivity contribution in [3.63, 3.8) is 0 Å². The molecule has 0 radical (unpaired) electrons. The number of carbonyl (C=O) groups excluding carboxylic acids is 2. The summed E-state index contributed by atoms with van der Waals surface area (Å²) in [7, 11) is 0. The lowest BCUT2D eigenvalue weighted by atomic mass is 9.96. The zero-order valence-electron chi connectivity index (χ0n) is 15.3. The van der Waals surface area contributed by atoms with Gasteiger partial charge in [-0.05, 0) is 18.1 Å². The fourth-order valence-electron chi connectivity index (χ4n) is 3.77. The van der Waals surface area contributed by atoms with Gasteiger partial charge in [0, 0.05) is 0 Å². The van der Waals surface area contributed by atoms with E-state index in [9.17, 15) is 9.59 Å². The molecule has 1 N–H and O–H groups in total. The Labute approximate surface area is 167 Å². The molecule has 2 heterocycles. The van der Waals surface area contributed by atoms with E-state index in [4.69, 9.17) is 9.94 Å². The summed E-state index contributed by atoms with van der Waals surface area (Å²) < 4.78 is 5.11. The standard InChI is InChI=1S/C21H20N2O4S/c1-21(13-22-26)19(23-16(24)12-17(23)28-21)20(25)27-18(14-8-4-2-5-9-14)15-10-6-3-7-11-15/h2-11,13,17-19,26H,12H2,1H3/b22-13+/t17-,19+,21+/m1/s1. The van der Waals surface area contributed by atoms with Gasteiger partial charge in [-0.1, -0.05) is 60.7 Å². The molecule has 2 saturated heterocycles. The van der Waals surface area contributed by atoms with Crippen molar-refractivity contribution in [2.75, 3.05) is 0 Å². The summed E-state index contributed by atoms with van der Waals surface area (Å²) in [6, 6.07) is 18.1. The van der Waals surface area contributed by atoms with E-state index in [1.165, 1.54) is 18.0 Å². The number of carbonyl (C=O) groups is 2. The van der Waals surface area contributed by atoms with Crippen LogP contribution in [0.5, 0.6) is 0 Å². The molecular weight excluding hydrogens is 376 g/mol. The van der Waals surface area contributed by atoms with Crippen molar-refractivity contribution in [3.05, 3.63) is 71.8 Å². The van der Waals surface area contributed by atoms with Crippen LogP contribution in [-0.2, 0) is 14.3 Å². The fraction of sp³-hybridized carbons (Fsp3) is 0.286. The number of hydrogen-bond acceptors (Lipinski definition) is 6. The van der Waals surface area contributed by atoms with Crippen LogP contribution in [0.1, 0.15) is 30.6 Å². The highest BCUT2D eigenvalue weighted by molar-refractivity contribution is 8.02. The molecule has 2 aromatic rings. The van der Waals surface area contributed by atoms with E-state index in [1.807, 2.05) is 60.7 Å². The van der Waals surface area contributed by atoms with Gasteiger partial charge >= 0.3 is 5.97 Å². The number of esters is 1. The first kappa shape index (κ1) is 18.6. The molecule has 0 saturated carbocycles. The molecule has 4 rings (SSSR count). The highest BCUT2D eigenvalue weighted by atomic mass is 32.2. The largest absolute Gasteiger partial charge is 0.451 e. The van der Waals surface area contributed by atoms with Gasteiger partial charge in [0.25, 0.3) is 0 Å². The molecule has 2 aliphatic heterocycles. The Balaban J connectivity index is 1.66. The van der Waals surface area contributed by atoms with Crippen molar-refractivity contribution in [3.8, 4) is 0 Å². The Morgan fingerprint density at radius 3 is 2.29 bits per heavy atom. The summed E-state index contributed by atoms with van der Waals surface area (Å²) in [6.45, 7) is 1.79. The smallest absolute Gasteiger partial charge is 0.331 e. The van der Waals surface area contributed by atoms with Crippen LogP contribution in [-0.4, -0.2) is 44.4 Å². The zero-order chi connectivity index (χ0) is 19.7. The van der Waals surface area contributed by atoms with Gasteiger partial charge in [-0.3, -0.25) is 4.79 Å². The van der Waals surface area contributed by atoms with Gasteiger partial charge in [-0.2, -0.15) is 0 Å². The molecule has 0 spiro atoms. The summed E-state index contributed by atoms with van der Waals surface area (Å²) in [5.74, 6) is -0.603. The Hall–Kier alpha value is -2.80. The van der Waals surface area contributed by atoms with Gasteiger partial charge in [-0.25, -0.2) is 4.79 Å². The van der Waals surface area contributed by atoms with E-state index in [0.717, 1.165) is 11.1 Å². The second kappa shape index (κ2) is 7.31. The van der Waals surface area contributed by atoms with Gasteiger partial charge in [0.15, 0.2) is 6.10 Å². The van der Waals surface area contributed by atoms with Crippen LogP contribution in [0, 0.1) is 0 Å². The maximum absolute atomic E-state index is 13.3. The normalized spacial score (nSPS) is 26.4. The SMILES string of the molecule is C[C@@]1(/C=N/O)S[C@@H]2CC(=O)N2[C@H]1C(=O)OC(c1ccccc1)c1ccccc1. The first-order valence-electron chi connectivity index (χ1n) is 9.01. The number of rotatable bonds is 5. The van der Waals surface area contributed by atoms with E-state index in [-0.39, 0.29) is 11.3 Å². The molecular formula is C21H20N2O4S. The molecule has 0 aromatic heterocycles. The maximum atomic E-state index is 13.3. The average Bonchev–Trinajstić information content (AvgIpc) is 2.94. The van der Waals surface area contributed by atoms with Gasteiger partial charge in [0.1, 0.15) is 6.04 Å². The molecule has 7 heteroatoms. The number of nitrogens with zero attached hydrogens (tertiary/aromatic N) is 2. The number of fused-ring (bicyclic) bond motifs is 1. The van der Waals surface area contributed by atoms with Gasteiger partial charge in [-0.15, -0.1) is 16.9 Å². The predicted octanol–water partition coefficient (Wildman–Crippen LogP) is 3.21. The Morgan fingerprint density at radius 1 is 1.21 bits per heavy atom. The van der Waals surface area contributed by atoms with E-state index >= 15 is 0 Å². The minimum absolute atomic E-state index is 0.0921. The van der Waals surface area contributed by atoms with E-state index in [2.05, 4.69) is 5.16 Å². The van der Waals surface area contributed by atoms with Gasteiger partial charge in [0.05, 0.1) is 22.8 Å². The Morgan fingerprint density at radius 2 is 1.79 bits per heavy atom. The minimum Gasteiger partial charge on any atom is -0.451 e. The lowest BCUT2D eigenvalue weighted by Gasteiger charge is -2.37. The molecule has 3 atom stereocenters. The van der Waals surface area contributed by atoms with Crippen LogP contribution in [0.3, 0.4) is 0 Å². The van der Waals surface area contributed by atoms with Crippen molar-refractivity contribution in [2.24, 2.45) is 5.16 Å². The molecule has 2 fully saturated rings. The van der Waals surface area contributed by atoms with Crippen molar-refractivity contribution >= 4 is 29.9 Å². The van der Waals surface area contributed by atoms with Crippen LogP contribution in [0.15, 0.2) is 65.8 Å². The molecule has 28 heavy (non-hydrogen) atoms. The van der Waals surface area contributed by atoms with Crippen LogP contribution in [0.2, 0.25) is 0 Å². The van der Waals surface area contributed by atoms with Crippen LogP contribution in [0.25, 0.3) is 0 Å². The number of oxime groups is 1. The quantitative estimate of drug-likeness (QED) is 0.276. The summed E-state index contributed by atoms with van der Waals surface area (Å²) in [5, 5.41) is 12.1. The molecule has 2 aliphatic rings. The summed E-state index contributed by atoms with van der Waals surface area (Å²) in [4.78, 5) is 26.9. The summed E-state index contributed by atoms with van der Waals surface area (Å²) >= 11 is 1.44. The molecule has 0 aliphatic carbocycles. The van der Waals surface area contributed by atoms with Gasteiger partial charge in [0.2, 0.25) is 5.91 Å². The highest BCUT2D eigenvalue weighted by Gasteiger charge is 2.61. The third-order valence-corrected chi connectivity index (χ3v) is 6.64. The molecule has 6 nitrogen and oxygen atoms in total. The molecule has 144 valence electrons. The molecule has 0 unspecified atom stereocenters. The van der Waals surface area contributed by atoms with E-state index < -0.39 is 22.9 Å². The number of ether oxygens (including phenoxy) is 1. The monoisotopic (exact) mass is 396 g/mol. The zero-order valence-corrected chi connectivity index (χ0v) is 16.1. The average molecular weight is 396 g/mol. The van der Waals surface area contributed by atoms with Crippen LogP contribution >= 0.6 is 11.8 Å². The van der Waals surface area contributed by atoms with Gasteiger partial charge < -0.3 is 14.8 Å². The first-order valence-corrected chi connectivity index (χ1v) is 9.89. The number of amides is 1. The van der Waals surface area contributed by atoms with Crippen molar-refractivity contribution in [2.45, 2.75) is 35.6 Å². The predicted molar refractivity (Wildman–Crippen MR) is 106 cm³/mol. The summed E-state index contributed by atoms with van der Waals surface area (Å²) in [6.07, 6.45) is 1.10. The van der Waals surface area contributed by atoms with Crippen molar-refractivity contribution < 1.29 is 19.5 Å². The lowest BCUT2D eigenvalue weighted by Crippen LogP contribution is -2.58. The third-order valence-electron chi connectivity index (χ3n) is 5.13. The molecule has 2 aromatic carbocycles. The Kier molecular flexibility index (Phi) is 4.85. The highest BCUT2D eigenvalue weighted by Crippen LogP contribution is 2.50. The van der Waals surface area contributed by atoms with Crippen LogP contribution < -0.4 is 0 Å². The molecule has 1 amide bonds. The first-order chi connectivity index (χ1) is 13.5. The Bertz CT molecular complexity index is 866. The van der Waals surface area contributed by atoms with E-state index in [1.54, 1.807) is 11.8 Å². The number of thioether (sulfide) groups is 1. The maximum Gasteiger partial charge on any atom is 0.331 e. The van der Waals surface area contributed by atoms with Crippen LogP contribution in [0.4, 0.5) is 0 Å². The lowest BCUT2D eigenvalue weighted by molar-refractivity contribution is -0.163. The third kappa shape index (κ3) is 3.16.